The number of benzene rings is 1. The Hall–Kier alpha value is -1.89. The van der Waals surface area contributed by atoms with Gasteiger partial charge in [-0.25, -0.2) is 13.2 Å². The molecule has 0 saturated carbocycles. The minimum absolute atomic E-state index is 0.0897. The Morgan fingerprint density at radius 1 is 1.21 bits per heavy atom. The molecule has 0 aliphatic rings. The third-order valence-electron chi connectivity index (χ3n) is 3.50. The number of hydrogen-bond acceptors (Lipinski definition) is 2. The Morgan fingerprint density at radius 2 is 1.92 bits per heavy atom. The second kappa shape index (κ2) is 7.79. The fourth-order valence-electron chi connectivity index (χ4n) is 2.33. The van der Waals surface area contributed by atoms with Crippen molar-refractivity contribution >= 4 is 21.8 Å². The molecule has 0 unspecified atom stereocenters. The molecule has 1 heterocycles. The van der Waals surface area contributed by atoms with Crippen molar-refractivity contribution in [3.8, 4) is 0 Å². The number of rotatable bonds is 5. The molecule has 1 aromatic heterocycles. The third-order valence-corrected chi connectivity index (χ3v) is 4.21. The van der Waals surface area contributed by atoms with Gasteiger partial charge in [-0.15, -0.1) is 0 Å². The van der Waals surface area contributed by atoms with Crippen molar-refractivity contribution in [2.75, 3.05) is 7.05 Å². The monoisotopic (exact) mass is 400 g/mol. The van der Waals surface area contributed by atoms with E-state index in [0.29, 0.717) is 12.1 Å². The van der Waals surface area contributed by atoms with Gasteiger partial charge in [-0.2, -0.15) is 0 Å². The standard InChI is InChI=1S/C17H16BrF3N2O/c1-3-4-16-12(5-11(20)8-22-16)17(24)23(2)9-13-14(18)6-10(19)7-15(13)21/h5-8H,3-4,9H2,1-2H3. The highest BCUT2D eigenvalue weighted by Gasteiger charge is 2.20. The van der Waals surface area contributed by atoms with E-state index in [1.807, 2.05) is 6.92 Å². The Bertz CT molecular complexity index is 744. The largest absolute Gasteiger partial charge is 0.337 e. The number of aryl methyl sites for hydroxylation is 1. The summed E-state index contributed by atoms with van der Waals surface area (Å²) in [7, 11) is 1.47. The molecule has 0 saturated heterocycles. The van der Waals surface area contributed by atoms with E-state index >= 15 is 0 Å². The maximum atomic E-state index is 13.9. The lowest BCUT2D eigenvalue weighted by atomic mass is 10.1. The van der Waals surface area contributed by atoms with Crippen LogP contribution in [0, 0.1) is 17.5 Å². The fourth-order valence-corrected chi connectivity index (χ4v) is 2.86. The Morgan fingerprint density at radius 3 is 2.54 bits per heavy atom. The topological polar surface area (TPSA) is 33.2 Å². The second-order valence-electron chi connectivity index (χ2n) is 5.41. The van der Waals surface area contributed by atoms with Gasteiger partial charge in [0.15, 0.2) is 0 Å². The summed E-state index contributed by atoms with van der Waals surface area (Å²) in [4.78, 5) is 17.8. The molecule has 0 aliphatic heterocycles. The number of carbonyl (C=O) groups excluding carboxylic acids is 1. The summed E-state index contributed by atoms with van der Waals surface area (Å²) < 4.78 is 40.8. The predicted octanol–water partition coefficient (Wildman–Crippen LogP) is 4.49. The molecule has 3 nitrogen and oxygen atoms in total. The maximum Gasteiger partial charge on any atom is 0.255 e. The molecule has 0 atom stereocenters. The van der Waals surface area contributed by atoms with E-state index in [4.69, 9.17) is 0 Å². The minimum Gasteiger partial charge on any atom is -0.337 e. The van der Waals surface area contributed by atoms with Crippen molar-refractivity contribution < 1.29 is 18.0 Å². The molecule has 7 heteroatoms. The number of carbonyl (C=O) groups is 1. The molecule has 2 aromatic rings. The predicted molar refractivity (Wildman–Crippen MR) is 88.0 cm³/mol. The van der Waals surface area contributed by atoms with Crippen LogP contribution in [0.2, 0.25) is 0 Å². The third kappa shape index (κ3) is 4.14. The molecule has 0 bridgehead atoms. The van der Waals surface area contributed by atoms with E-state index in [-0.39, 0.29) is 22.1 Å². The maximum absolute atomic E-state index is 13.9. The lowest BCUT2D eigenvalue weighted by Gasteiger charge is -2.20. The highest BCUT2D eigenvalue weighted by atomic mass is 79.9. The molecule has 0 aliphatic carbocycles. The van der Waals surface area contributed by atoms with Gasteiger partial charge in [-0.05, 0) is 18.6 Å². The van der Waals surface area contributed by atoms with E-state index in [9.17, 15) is 18.0 Å². The summed E-state index contributed by atoms with van der Waals surface area (Å²) in [6, 6.07) is 3.01. The van der Waals surface area contributed by atoms with Gasteiger partial charge in [0, 0.05) is 29.7 Å². The van der Waals surface area contributed by atoms with E-state index in [1.54, 1.807) is 0 Å². The molecule has 1 aromatic carbocycles. The summed E-state index contributed by atoms with van der Waals surface area (Å²) in [5, 5.41) is 0. The van der Waals surface area contributed by atoms with Crippen LogP contribution < -0.4 is 0 Å². The number of hydrogen-bond donors (Lipinski definition) is 0. The lowest BCUT2D eigenvalue weighted by molar-refractivity contribution is 0.0781. The zero-order valence-electron chi connectivity index (χ0n) is 13.2. The smallest absolute Gasteiger partial charge is 0.255 e. The first-order valence-corrected chi connectivity index (χ1v) is 8.16. The Labute approximate surface area is 146 Å². The zero-order chi connectivity index (χ0) is 17.9. The van der Waals surface area contributed by atoms with Gasteiger partial charge in [-0.1, -0.05) is 29.3 Å². The number of halogens is 4. The average Bonchev–Trinajstić information content (AvgIpc) is 2.51. The molecule has 24 heavy (non-hydrogen) atoms. The van der Waals surface area contributed by atoms with Crippen LogP contribution in [-0.2, 0) is 13.0 Å². The normalized spacial score (nSPS) is 10.8. The summed E-state index contributed by atoms with van der Waals surface area (Å²) in [5.41, 5.74) is 0.793. The van der Waals surface area contributed by atoms with Crippen LogP contribution in [0.1, 0.15) is 35.0 Å². The quantitative estimate of drug-likeness (QED) is 0.740. The van der Waals surface area contributed by atoms with Crippen molar-refractivity contribution in [1.82, 2.24) is 9.88 Å². The zero-order valence-corrected chi connectivity index (χ0v) is 14.8. The van der Waals surface area contributed by atoms with E-state index in [1.165, 1.54) is 11.9 Å². The first kappa shape index (κ1) is 18.4. The van der Waals surface area contributed by atoms with Crippen LogP contribution >= 0.6 is 15.9 Å². The van der Waals surface area contributed by atoms with Crippen LogP contribution in [0.3, 0.4) is 0 Å². The van der Waals surface area contributed by atoms with Crippen molar-refractivity contribution in [1.29, 1.82) is 0 Å². The van der Waals surface area contributed by atoms with Crippen molar-refractivity contribution in [2.45, 2.75) is 26.3 Å². The minimum atomic E-state index is -0.757. The van der Waals surface area contributed by atoms with Gasteiger partial charge in [0.05, 0.1) is 17.5 Å². The van der Waals surface area contributed by atoms with E-state index < -0.39 is 23.4 Å². The molecule has 0 radical (unpaired) electrons. The first-order chi connectivity index (χ1) is 11.3. The molecule has 0 spiro atoms. The summed E-state index contributed by atoms with van der Waals surface area (Å²) in [6.07, 6.45) is 2.35. The average molecular weight is 401 g/mol. The van der Waals surface area contributed by atoms with Gasteiger partial charge in [0.25, 0.3) is 5.91 Å². The van der Waals surface area contributed by atoms with Crippen LogP contribution in [0.5, 0.6) is 0 Å². The number of aromatic nitrogens is 1. The Balaban J connectivity index is 2.29. The molecule has 1 amide bonds. The molecule has 0 fully saturated rings. The van der Waals surface area contributed by atoms with Crippen molar-refractivity contribution in [3.63, 3.8) is 0 Å². The molecular weight excluding hydrogens is 385 g/mol. The highest BCUT2D eigenvalue weighted by molar-refractivity contribution is 9.10. The second-order valence-corrected chi connectivity index (χ2v) is 6.26. The molecule has 128 valence electrons. The fraction of sp³-hybridized carbons (Fsp3) is 0.294. The van der Waals surface area contributed by atoms with E-state index in [2.05, 4.69) is 20.9 Å². The Kier molecular flexibility index (Phi) is 5.99. The highest BCUT2D eigenvalue weighted by Crippen LogP contribution is 2.24. The summed E-state index contributed by atoms with van der Waals surface area (Å²) in [5.74, 6) is -2.55. The molecule has 0 N–H and O–H groups in total. The first-order valence-electron chi connectivity index (χ1n) is 7.36. The van der Waals surface area contributed by atoms with Crippen molar-refractivity contribution in [2.24, 2.45) is 0 Å². The van der Waals surface area contributed by atoms with Crippen LogP contribution in [0.25, 0.3) is 0 Å². The lowest BCUT2D eigenvalue weighted by Crippen LogP contribution is -2.28. The van der Waals surface area contributed by atoms with Crippen molar-refractivity contribution in [3.05, 3.63) is 63.1 Å². The van der Waals surface area contributed by atoms with Gasteiger partial charge in [0.2, 0.25) is 0 Å². The van der Waals surface area contributed by atoms with Crippen LogP contribution in [-0.4, -0.2) is 22.8 Å². The summed E-state index contributed by atoms with van der Waals surface area (Å²) in [6.45, 7) is 1.83. The summed E-state index contributed by atoms with van der Waals surface area (Å²) >= 11 is 3.09. The van der Waals surface area contributed by atoms with Gasteiger partial charge in [-0.3, -0.25) is 9.78 Å². The van der Waals surface area contributed by atoms with E-state index in [0.717, 1.165) is 30.8 Å². The molecular formula is C17H16BrF3N2O. The van der Waals surface area contributed by atoms with Gasteiger partial charge < -0.3 is 4.90 Å². The van der Waals surface area contributed by atoms with Crippen LogP contribution in [0.4, 0.5) is 13.2 Å². The SMILES string of the molecule is CCCc1ncc(F)cc1C(=O)N(C)Cc1c(F)cc(F)cc1Br. The van der Waals surface area contributed by atoms with Gasteiger partial charge >= 0.3 is 0 Å². The number of amides is 1. The number of nitrogens with zero attached hydrogens (tertiary/aromatic N) is 2. The molecule has 2 rings (SSSR count). The number of pyridine rings is 1. The van der Waals surface area contributed by atoms with Gasteiger partial charge in [0.1, 0.15) is 17.5 Å². The van der Waals surface area contributed by atoms with Crippen LogP contribution in [0.15, 0.2) is 28.9 Å².